The predicted octanol–water partition coefficient (Wildman–Crippen LogP) is 2.04. The van der Waals surface area contributed by atoms with E-state index in [1.54, 1.807) is 18.2 Å². The standard InChI is InChI=1S/C16H16ClIN2O3/c17-13-14(19-3-4-20-5-7-23-8-6-20)16(22)12-9-10(18)1-2-11(12)15(13)21/h1-2,9,19H,3-8H2. The molecule has 1 aromatic carbocycles. The average molecular weight is 447 g/mol. The predicted molar refractivity (Wildman–Crippen MR) is 96.0 cm³/mol. The van der Waals surface area contributed by atoms with Gasteiger partial charge in [-0.15, -0.1) is 0 Å². The highest BCUT2D eigenvalue weighted by Gasteiger charge is 2.31. The molecule has 0 unspecified atom stereocenters. The van der Waals surface area contributed by atoms with Crippen molar-refractivity contribution in [3.63, 3.8) is 0 Å². The fourth-order valence-corrected chi connectivity index (χ4v) is 3.44. The molecule has 0 amide bonds. The summed E-state index contributed by atoms with van der Waals surface area (Å²) in [7, 11) is 0. The molecule has 3 rings (SSSR count). The van der Waals surface area contributed by atoms with Crippen molar-refractivity contribution in [1.82, 2.24) is 10.2 Å². The van der Waals surface area contributed by atoms with E-state index in [9.17, 15) is 9.59 Å². The van der Waals surface area contributed by atoms with Gasteiger partial charge in [0.15, 0.2) is 0 Å². The van der Waals surface area contributed by atoms with Crippen molar-refractivity contribution in [3.8, 4) is 0 Å². The molecule has 122 valence electrons. The van der Waals surface area contributed by atoms with Crippen molar-refractivity contribution < 1.29 is 14.3 Å². The van der Waals surface area contributed by atoms with Gasteiger partial charge < -0.3 is 10.1 Å². The number of Topliss-reactive ketones (excluding diaryl/α,β-unsaturated/α-hetero) is 2. The van der Waals surface area contributed by atoms with Crippen LogP contribution in [0.3, 0.4) is 0 Å². The van der Waals surface area contributed by atoms with Gasteiger partial charge in [-0.1, -0.05) is 11.6 Å². The molecule has 1 fully saturated rings. The van der Waals surface area contributed by atoms with Crippen molar-refractivity contribution in [2.24, 2.45) is 0 Å². The summed E-state index contributed by atoms with van der Waals surface area (Å²) < 4.78 is 6.21. The van der Waals surface area contributed by atoms with Gasteiger partial charge in [-0.3, -0.25) is 14.5 Å². The number of rotatable bonds is 4. The second kappa shape index (κ2) is 7.29. The van der Waals surface area contributed by atoms with E-state index in [0.29, 0.717) is 17.7 Å². The Bertz CT molecular complexity index is 684. The third-order valence-electron chi connectivity index (χ3n) is 3.95. The molecule has 1 aliphatic carbocycles. The summed E-state index contributed by atoms with van der Waals surface area (Å²) in [5.74, 6) is -0.517. The van der Waals surface area contributed by atoms with E-state index >= 15 is 0 Å². The first-order valence-corrected chi connectivity index (χ1v) is 8.86. The minimum Gasteiger partial charge on any atom is -0.379 e. The Morgan fingerprint density at radius 2 is 1.91 bits per heavy atom. The second-order valence-electron chi connectivity index (χ2n) is 5.42. The molecule has 1 saturated heterocycles. The number of allylic oxidation sites excluding steroid dienone is 2. The Morgan fingerprint density at radius 1 is 1.17 bits per heavy atom. The fourth-order valence-electron chi connectivity index (χ4n) is 2.69. The molecule has 0 radical (unpaired) electrons. The van der Waals surface area contributed by atoms with Crippen LogP contribution in [0, 0.1) is 3.57 Å². The van der Waals surface area contributed by atoms with Gasteiger partial charge in [0, 0.05) is 40.9 Å². The Morgan fingerprint density at radius 3 is 2.65 bits per heavy atom. The lowest BCUT2D eigenvalue weighted by molar-refractivity contribution is 0.0386. The number of hydrogen-bond donors (Lipinski definition) is 1. The van der Waals surface area contributed by atoms with Crippen molar-refractivity contribution in [3.05, 3.63) is 43.6 Å². The number of ketones is 2. The highest BCUT2D eigenvalue weighted by atomic mass is 127. The number of carbonyl (C=O) groups excluding carboxylic acids is 2. The third-order valence-corrected chi connectivity index (χ3v) is 4.98. The minimum absolute atomic E-state index is 0.0225. The number of morpholine rings is 1. The van der Waals surface area contributed by atoms with E-state index in [0.717, 1.165) is 36.4 Å². The summed E-state index contributed by atoms with van der Waals surface area (Å²) >= 11 is 8.25. The van der Waals surface area contributed by atoms with Crippen molar-refractivity contribution in [2.75, 3.05) is 39.4 Å². The zero-order chi connectivity index (χ0) is 16.4. The van der Waals surface area contributed by atoms with E-state index < -0.39 is 0 Å². The zero-order valence-corrected chi connectivity index (χ0v) is 15.3. The van der Waals surface area contributed by atoms with E-state index in [1.165, 1.54) is 0 Å². The molecule has 5 nitrogen and oxygen atoms in total. The highest BCUT2D eigenvalue weighted by molar-refractivity contribution is 14.1. The van der Waals surface area contributed by atoms with Crippen LogP contribution in [0.25, 0.3) is 0 Å². The lowest BCUT2D eigenvalue weighted by Gasteiger charge is -2.27. The molecule has 2 aliphatic rings. The van der Waals surface area contributed by atoms with Gasteiger partial charge >= 0.3 is 0 Å². The van der Waals surface area contributed by atoms with Crippen molar-refractivity contribution in [2.45, 2.75) is 0 Å². The molecule has 1 heterocycles. The van der Waals surface area contributed by atoms with Crippen LogP contribution < -0.4 is 5.32 Å². The van der Waals surface area contributed by atoms with Crippen LogP contribution in [-0.2, 0) is 4.74 Å². The van der Waals surface area contributed by atoms with Crippen LogP contribution in [0.15, 0.2) is 28.9 Å². The topological polar surface area (TPSA) is 58.6 Å². The summed E-state index contributed by atoms with van der Waals surface area (Å²) in [6, 6.07) is 5.18. The average Bonchev–Trinajstić information content (AvgIpc) is 2.57. The van der Waals surface area contributed by atoms with Gasteiger partial charge in [0.1, 0.15) is 10.7 Å². The molecule has 1 aliphatic heterocycles. The maximum absolute atomic E-state index is 12.6. The molecule has 1 N–H and O–H groups in total. The first-order valence-electron chi connectivity index (χ1n) is 7.40. The largest absolute Gasteiger partial charge is 0.379 e. The number of fused-ring (bicyclic) bond motifs is 1. The smallest absolute Gasteiger partial charge is 0.211 e. The van der Waals surface area contributed by atoms with Crippen molar-refractivity contribution in [1.29, 1.82) is 0 Å². The monoisotopic (exact) mass is 446 g/mol. The van der Waals surface area contributed by atoms with E-state index in [4.69, 9.17) is 16.3 Å². The Labute approximate surface area is 153 Å². The van der Waals surface area contributed by atoms with Crippen molar-refractivity contribution >= 4 is 45.8 Å². The first kappa shape index (κ1) is 16.9. The van der Waals surface area contributed by atoms with Gasteiger partial charge in [0.25, 0.3) is 0 Å². The summed E-state index contributed by atoms with van der Waals surface area (Å²) in [5.41, 5.74) is 0.999. The molecule has 0 bridgehead atoms. The minimum atomic E-state index is -0.300. The Balaban J connectivity index is 1.72. The number of benzene rings is 1. The molecule has 0 spiro atoms. The molecule has 7 heteroatoms. The fraction of sp³-hybridized carbons (Fsp3) is 0.375. The number of nitrogens with one attached hydrogen (secondary N) is 1. The maximum Gasteiger partial charge on any atom is 0.211 e. The zero-order valence-electron chi connectivity index (χ0n) is 12.4. The van der Waals surface area contributed by atoms with Crippen LogP contribution in [0.4, 0.5) is 0 Å². The SMILES string of the molecule is O=C1C(Cl)=C(NCCN2CCOCC2)C(=O)c2cc(I)ccc21. The van der Waals surface area contributed by atoms with Crippen LogP contribution in [0.1, 0.15) is 20.7 Å². The molecular formula is C16H16ClIN2O3. The summed E-state index contributed by atoms with van der Waals surface area (Å²) in [6.45, 7) is 4.55. The van der Waals surface area contributed by atoms with Crippen LogP contribution >= 0.6 is 34.2 Å². The number of halogens is 2. The summed E-state index contributed by atoms with van der Waals surface area (Å²) in [4.78, 5) is 27.2. The maximum atomic E-state index is 12.6. The lowest BCUT2D eigenvalue weighted by Crippen LogP contribution is -2.41. The molecular weight excluding hydrogens is 431 g/mol. The van der Waals surface area contributed by atoms with Crippen LogP contribution in [0.2, 0.25) is 0 Å². The van der Waals surface area contributed by atoms with Gasteiger partial charge in [0.05, 0.1) is 13.2 Å². The number of ether oxygens (including phenoxy) is 1. The molecule has 0 aromatic heterocycles. The van der Waals surface area contributed by atoms with Gasteiger partial charge in [0.2, 0.25) is 11.6 Å². The number of nitrogens with zero attached hydrogens (tertiary/aromatic N) is 1. The molecule has 0 saturated carbocycles. The number of hydrogen-bond acceptors (Lipinski definition) is 5. The molecule has 0 atom stereocenters. The lowest BCUT2D eigenvalue weighted by atomic mass is 9.92. The highest BCUT2D eigenvalue weighted by Crippen LogP contribution is 2.28. The van der Waals surface area contributed by atoms with Gasteiger partial charge in [-0.2, -0.15) is 0 Å². The Kier molecular flexibility index (Phi) is 5.35. The van der Waals surface area contributed by atoms with E-state index in [1.807, 2.05) is 0 Å². The first-order chi connectivity index (χ1) is 11.1. The quantitative estimate of drug-likeness (QED) is 0.718. The number of carbonyl (C=O) groups is 2. The summed E-state index contributed by atoms with van der Waals surface area (Å²) in [5, 5.41) is 3.03. The van der Waals surface area contributed by atoms with Crippen LogP contribution in [0.5, 0.6) is 0 Å². The third kappa shape index (κ3) is 3.60. The van der Waals surface area contributed by atoms with Crippen LogP contribution in [-0.4, -0.2) is 55.9 Å². The van der Waals surface area contributed by atoms with Gasteiger partial charge in [-0.05, 0) is 40.8 Å². The summed E-state index contributed by atoms with van der Waals surface area (Å²) in [6.07, 6.45) is 0. The second-order valence-corrected chi connectivity index (χ2v) is 7.04. The Hall–Kier alpha value is -0.960. The van der Waals surface area contributed by atoms with E-state index in [-0.39, 0.29) is 22.3 Å². The van der Waals surface area contributed by atoms with Gasteiger partial charge in [-0.25, -0.2) is 0 Å². The normalized spacial score (nSPS) is 19.0. The molecule has 1 aromatic rings. The van der Waals surface area contributed by atoms with E-state index in [2.05, 4.69) is 32.8 Å². The molecule has 23 heavy (non-hydrogen) atoms.